The first-order valence-corrected chi connectivity index (χ1v) is 7.22. The molecule has 0 radical (unpaired) electrons. The largest absolute Gasteiger partial charge is 0.481 e. The van der Waals surface area contributed by atoms with Crippen LogP contribution in [0.3, 0.4) is 0 Å². The fraction of sp³-hybridized carbons (Fsp3) is 0.857. The van der Waals surface area contributed by atoms with Gasteiger partial charge in [0.1, 0.15) is 0 Å². The Morgan fingerprint density at radius 2 is 2.00 bits per heavy atom. The van der Waals surface area contributed by atoms with Crippen LogP contribution in [0.5, 0.6) is 0 Å². The van der Waals surface area contributed by atoms with Crippen molar-refractivity contribution < 1.29 is 14.7 Å². The van der Waals surface area contributed by atoms with Gasteiger partial charge in [0.15, 0.2) is 0 Å². The maximum atomic E-state index is 12.3. The Labute approximate surface area is 114 Å². The molecule has 1 amide bonds. The van der Waals surface area contributed by atoms with E-state index in [1.165, 1.54) is 0 Å². The van der Waals surface area contributed by atoms with E-state index in [9.17, 15) is 9.59 Å². The molecule has 3 N–H and O–H groups in total. The summed E-state index contributed by atoms with van der Waals surface area (Å²) in [7, 11) is 0. The van der Waals surface area contributed by atoms with Crippen LogP contribution in [0.2, 0.25) is 0 Å². The predicted octanol–water partition coefficient (Wildman–Crippen LogP) is 1.36. The summed E-state index contributed by atoms with van der Waals surface area (Å²) in [6, 6.07) is 0.00681. The Morgan fingerprint density at radius 1 is 1.37 bits per heavy atom. The number of amides is 1. The van der Waals surface area contributed by atoms with Crippen LogP contribution in [0, 0.1) is 5.92 Å². The molecule has 2 aliphatic rings. The number of carboxylic acids is 1. The third-order valence-corrected chi connectivity index (χ3v) is 4.65. The maximum Gasteiger partial charge on any atom is 0.306 e. The molecule has 0 bridgehead atoms. The number of likely N-dealkylation sites (tertiary alicyclic amines) is 1. The van der Waals surface area contributed by atoms with E-state index in [0.717, 1.165) is 25.7 Å². The molecule has 1 saturated heterocycles. The lowest BCUT2D eigenvalue weighted by molar-refractivity contribution is -0.147. The van der Waals surface area contributed by atoms with E-state index >= 15 is 0 Å². The third kappa shape index (κ3) is 3.26. The van der Waals surface area contributed by atoms with E-state index in [4.69, 9.17) is 10.8 Å². The van der Waals surface area contributed by atoms with E-state index in [1.54, 1.807) is 0 Å². The molecule has 0 aromatic rings. The number of carboxylic acid groups (broad SMARTS) is 1. The topological polar surface area (TPSA) is 83.6 Å². The van der Waals surface area contributed by atoms with Crippen LogP contribution in [0.4, 0.5) is 0 Å². The number of nitrogens with two attached hydrogens (primary N) is 1. The highest BCUT2D eigenvalue weighted by atomic mass is 16.4. The van der Waals surface area contributed by atoms with E-state index in [1.807, 2.05) is 11.8 Å². The van der Waals surface area contributed by atoms with Crippen molar-refractivity contribution in [1.29, 1.82) is 0 Å². The van der Waals surface area contributed by atoms with Gasteiger partial charge in [0.2, 0.25) is 5.91 Å². The third-order valence-electron chi connectivity index (χ3n) is 4.65. The lowest BCUT2D eigenvalue weighted by Crippen LogP contribution is -2.50. The second-order valence-corrected chi connectivity index (χ2v) is 6.24. The molecule has 2 unspecified atom stereocenters. The molecule has 1 aliphatic heterocycles. The van der Waals surface area contributed by atoms with Crippen molar-refractivity contribution in [3.8, 4) is 0 Å². The first-order valence-electron chi connectivity index (χ1n) is 7.22. The Morgan fingerprint density at radius 3 is 2.53 bits per heavy atom. The zero-order valence-corrected chi connectivity index (χ0v) is 11.6. The number of aliphatic carboxylic acids is 1. The average molecular weight is 268 g/mol. The molecule has 1 aliphatic carbocycles. The van der Waals surface area contributed by atoms with Gasteiger partial charge in [-0.15, -0.1) is 0 Å². The summed E-state index contributed by atoms with van der Waals surface area (Å²) >= 11 is 0. The maximum absolute atomic E-state index is 12.3. The minimum absolute atomic E-state index is 0.00681. The monoisotopic (exact) mass is 268 g/mol. The molecule has 5 heteroatoms. The van der Waals surface area contributed by atoms with Gasteiger partial charge in [-0.05, 0) is 32.6 Å². The Bertz CT molecular complexity index is 364. The number of hydrogen-bond acceptors (Lipinski definition) is 3. The van der Waals surface area contributed by atoms with Gasteiger partial charge < -0.3 is 15.7 Å². The molecule has 108 valence electrons. The van der Waals surface area contributed by atoms with Gasteiger partial charge >= 0.3 is 5.97 Å². The van der Waals surface area contributed by atoms with Crippen LogP contribution in [0.25, 0.3) is 0 Å². The Kier molecular flexibility index (Phi) is 4.13. The van der Waals surface area contributed by atoms with E-state index < -0.39 is 5.97 Å². The van der Waals surface area contributed by atoms with Gasteiger partial charge in [-0.1, -0.05) is 12.8 Å². The standard InChI is InChI=1S/C14H24N2O3/c1-10-8-11(13(18)19)4-7-16(10)12(17)9-14(15)5-2-3-6-14/h10-11H,2-9,15H2,1H3,(H,18,19). The predicted molar refractivity (Wildman–Crippen MR) is 71.5 cm³/mol. The van der Waals surface area contributed by atoms with Crippen LogP contribution in [-0.4, -0.2) is 40.0 Å². The summed E-state index contributed by atoms with van der Waals surface area (Å²) in [5, 5.41) is 9.03. The molecule has 2 atom stereocenters. The molecular formula is C14H24N2O3. The lowest BCUT2D eigenvalue weighted by atomic mass is 9.89. The van der Waals surface area contributed by atoms with Crippen molar-refractivity contribution >= 4 is 11.9 Å². The molecule has 0 spiro atoms. The fourth-order valence-electron chi connectivity index (χ4n) is 3.43. The number of carbonyl (C=O) groups excluding carboxylic acids is 1. The van der Waals surface area contributed by atoms with Gasteiger partial charge in [-0.2, -0.15) is 0 Å². The minimum Gasteiger partial charge on any atom is -0.481 e. The minimum atomic E-state index is -0.745. The molecule has 0 aromatic carbocycles. The van der Waals surface area contributed by atoms with Gasteiger partial charge in [0.05, 0.1) is 5.92 Å². The number of rotatable bonds is 3. The van der Waals surface area contributed by atoms with Crippen LogP contribution >= 0.6 is 0 Å². The van der Waals surface area contributed by atoms with Crippen LogP contribution in [0.15, 0.2) is 0 Å². The second-order valence-electron chi connectivity index (χ2n) is 6.24. The molecule has 2 rings (SSSR count). The van der Waals surface area contributed by atoms with Crippen molar-refractivity contribution in [2.45, 2.75) is 63.5 Å². The van der Waals surface area contributed by atoms with E-state index in [-0.39, 0.29) is 23.4 Å². The van der Waals surface area contributed by atoms with Gasteiger partial charge in [0.25, 0.3) is 0 Å². The summed E-state index contributed by atoms with van der Waals surface area (Å²) < 4.78 is 0. The van der Waals surface area contributed by atoms with Gasteiger partial charge in [-0.25, -0.2) is 0 Å². The first-order chi connectivity index (χ1) is 8.91. The second kappa shape index (κ2) is 5.49. The normalized spacial score (nSPS) is 30.3. The Balaban J connectivity index is 1.91. The summed E-state index contributed by atoms with van der Waals surface area (Å²) in [5.74, 6) is -0.955. The number of piperidine rings is 1. The summed E-state index contributed by atoms with van der Waals surface area (Å²) in [5.41, 5.74) is 5.93. The summed E-state index contributed by atoms with van der Waals surface area (Å²) in [4.78, 5) is 25.2. The fourth-order valence-corrected chi connectivity index (χ4v) is 3.43. The van der Waals surface area contributed by atoms with Crippen molar-refractivity contribution in [2.75, 3.05) is 6.54 Å². The highest BCUT2D eigenvalue weighted by molar-refractivity contribution is 5.78. The van der Waals surface area contributed by atoms with Crippen molar-refractivity contribution in [3.63, 3.8) is 0 Å². The van der Waals surface area contributed by atoms with Gasteiger partial charge in [-0.3, -0.25) is 9.59 Å². The number of nitrogens with zero attached hydrogens (tertiary/aromatic N) is 1. The van der Waals surface area contributed by atoms with Crippen molar-refractivity contribution in [2.24, 2.45) is 11.7 Å². The van der Waals surface area contributed by atoms with Crippen LogP contribution in [-0.2, 0) is 9.59 Å². The highest BCUT2D eigenvalue weighted by Crippen LogP contribution is 2.32. The first kappa shape index (κ1) is 14.3. The zero-order chi connectivity index (χ0) is 14.0. The molecular weight excluding hydrogens is 244 g/mol. The lowest BCUT2D eigenvalue weighted by Gasteiger charge is -2.38. The quantitative estimate of drug-likeness (QED) is 0.809. The van der Waals surface area contributed by atoms with Crippen molar-refractivity contribution in [1.82, 2.24) is 4.90 Å². The summed E-state index contributed by atoms with van der Waals surface area (Å²) in [6.07, 6.45) is 5.61. The van der Waals surface area contributed by atoms with Gasteiger partial charge in [0, 0.05) is 24.5 Å². The SMILES string of the molecule is CC1CC(C(=O)O)CCN1C(=O)CC1(N)CCCC1. The molecule has 19 heavy (non-hydrogen) atoms. The molecule has 0 aromatic heterocycles. The van der Waals surface area contributed by atoms with Crippen LogP contribution < -0.4 is 5.73 Å². The molecule has 1 heterocycles. The number of carbonyl (C=O) groups is 2. The molecule has 1 saturated carbocycles. The smallest absolute Gasteiger partial charge is 0.306 e. The van der Waals surface area contributed by atoms with E-state index in [2.05, 4.69) is 0 Å². The van der Waals surface area contributed by atoms with Crippen molar-refractivity contribution in [3.05, 3.63) is 0 Å². The highest BCUT2D eigenvalue weighted by Gasteiger charge is 2.37. The number of hydrogen-bond donors (Lipinski definition) is 2. The molecule has 2 fully saturated rings. The van der Waals surface area contributed by atoms with Crippen LogP contribution in [0.1, 0.15) is 51.9 Å². The average Bonchev–Trinajstić information content (AvgIpc) is 2.75. The zero-order valence-electron chi connectivity index (χ0n) is 11.6. The molecule has 5 nitrogen and oxygen atoms in total. The van der Waals surface area contributed by atoms with E-state index in [0.29, 0.717) is 25.8 Å². The summed E-state index contributed by atoms with van der Waals surface area (Å²) in [6.45, 7) is 2.48. The Hall–Kier alpha value is -1.10.